The number of carbonyl (C=O) groups is 3. The second-order valence-electron chi connectivity index (χ2n) is 6.83. The SMILES string of the molecule is CC(=CCCO)C(=O)O.CC(=CCS(=O)(=O)c1ccc(C)cc1)C(N)=O.CC=C(C)C(=O)O. The summed E-state index contributed by atoms with van der Waals surface area (Å²) < 4.78 is 23.7. The Bertz CT molecular complexity index is 988. The molecule has 0 bridgehead atoms. The predicted molar refractivity (Wildman–Crippen MR) is 126 cm³/mol. The summed E-state index contributed by atoms with van der Waals surface area (Å²) in [6.45, 7) is 8.13. The Labute approximate surface area is 194 Å². The molecule has 1 aromatic rings. The third-order valence-electron chi connectivity index (χ3n) is 4.07. The molecule has 0 aromatic heterocycles. The van der Waals surface area contributed by atoms with E-state index in [1.54, 1.807) is 44.2 Å². The van der Waals surface area contributed by atoms with Crippen molar-refractivity contribution in [3.63, 3.8) is 0 Å². The summed E-state index contributed by atoms with van der Waals surface area (Å²) in [6.07, 6.45) is 4.79. The Morgan fingerprint density at radius 3 is 1.73 bits per heavy atom. The van der Waals surface area contributed by atoms with Gasteiger partial charge in [-0.2, -0.15) is 0 Å². The van der Waals surface area contributed by atoms with E-state index in [1.807, 2.05) is 6.92 Å². The second kappa shape index (κ2) is 16.4. The number of aliphatic hydroxyl groups is 1. The lowest BCUT2D eigenvalue weighted by Crippen LogP contribution is -2.13. The number of hydrogen-bond donors (Lipinski definition) is 4. The van der Waals surface area contributed by atoms with Gasteiger partial charge in [-0.3, -0.25) is 4.79 Å². The van der Waals surface area contributed by atoms with Crippen LogP contribution in [-0.4, -0.2) is 53.9 Å². The molecule has 0 unspecified atom stereocenters. The molecule has 1 rings (SSSR count). The number of amides is 1. The summed E-state index contributed by atoms with van der Waals surface area (Å²) in [6, 6.07) is 6.57. The summed E-state index contributed by atoms with van der Waals surface area (Å²) >= 11 is 0. The van der Waals surface area contributed by atoms with E-state index in [9.17, 15) is 22.8 Å². The molecule has 33 heavy (non-hydrogen) atoms. The van der Waals surface area contributed by atoms with Crippen molar-refractivity contribution < 1.29 is 38.1 Å². The fourth-order valence-electron chi connectivity index (χ4n) is 1.67. The van der Waals surface area contributed by atoms with Gasteiger partial charge in [0.25, 0.3) is 0 Å². The molecule has 5 N–H and O–H groups in total. The van der Waals surface area contributed by atoms with Gasteiger partial charge >= 0.3 is 11.9 Å². The van der Waals surface area contributed by atoms with Gasteiger partial charge < -0.3 is 21.1 Å². The maximum Gasteiger partial charge on any atom is 0.330 e. The lowest BCUT2D eigenvalue weighted by Gasteiger charge is -2.02. The highest BCUT2D eigenvalue weighted by molar-refractivity contribution is 7.91. The maximum atomic E-state index is 11.9. The van der Waals surface area contributed by atoms with E-state index in [2.05, 4.69) is 0 Å². The van der Waals surface area contributed by atoms with E-state index in [4.69, 9.17) is 21.1 Å². The van der Waals surface area contributed by atoms with Gasteiger partial charge in [0.1, 0.15) is 0 Å². The van der Waals surface area contributed by atoms with Crippen LogP contribution in [0.15, 0.2) is 64.1 Å². The standard InChI is InChI=1S/C12H15NO3S.C6H10O3.C5H8O2/c1-9-3-5-11(6-4-9)17(15,16)8-7-10(2)12(13)14;1-5(6(8)9)3-2-4-7;1-3-4(2)5(6)7/h3-7H,8H2,1-2H3,(H2,13,14);3,7H,2,4H2,1H3,(H,8,9);3H,1-2H3,(H,6,7). The van der Waals surface area contributed by atoms with E-state index in [0.717, 1.165) is 5.56 Å². The van der Waals surface area contributed by atoms with Crippen LogP contribution in [0, 0.1) is 6.92 Å². The minimum Gasteiger partial charge on any atom is -0.478 e. The van der Waals surface area contributed by atoms with Gasteiger partial charge in [-0.05, 0) is 53.2 Å². The quantitative estimate of drug-likeness (QED) is 0.408. The lowest BCUT2D eigenvalue weighted by molar-refractivity contribution is -0.133. The molecule has 0 saturated carbocycles. The average Bonchev–Trinajstić information content (AvgIpc) is 2.76. The first-order valence-corrected chi connectivity index (χ1v) is 11.5. The van der Waals surface area contributed by atoms with Gasteiger partial charge in [0.05, 0.1) is 10.6 Å². The van der Waals surface area contributed by atoms with Crippen molar-refractivity contribution in [1.29, 1.82) is 0 Å². The second-order valence-corrected chi connectivity index (χ2v) is 8.86. The van der Waals surface area contributed by atoms with Crippen LogP contribution in [-0.2, 0) is 24.2 Å². The lowest BCUT2D eigenvalue weighted by atomic mass is 10.2. The number of nitrogens with two attached hydrogens (primary N) is 1. The number of sulfone groups is 1. The first-order valence-electron chi connectivity index (χ1n) is 9.82. The first-order chi connectivity index (χ1) is 15.2. The fraction of sp³-hybridized carbons (Fsp3) is 0.348. The van der Waals surface area contributed by atoms with Crippen LogP contribution in [0.1, 0.15) is 39.7 Å². The summed E-state index contributed by atoms with van der Waals surface area (Å²) in [7, 11) is -3.39. The topological polar surface area (TPSA) is 172 Å². The predicted octanol–water partition coefficient (Wildman–Crippen LogP) is 2.64. The van der Waals surface area contributed by atoms with Crippen LogP contribution < -0.4 is 5.73 Å². The van der Waals surface area contributed by atoms with Crippen molar-refractivity contribution in [1.82, 2.24) is 0 Å². The number of primary amides is 1. The molecule has 1 amide bonds. The number of carboxylic acid groups (broad SMARTS) is 2. The molecule has 0 aliphatic carbocycles. The van der Waals surface area contributed by atoms with Gasteiger partial charge in [-0.15, -0.1) is 0 Å². The number of hydrogen-bond acceptors (Lipinski definition) is 6. The van der Waals surface area contributed by atoms with Crippen molar-refractivity contribution >= 4 is 27.7 Å². The van der Waals surface area contributed by atoms with E-state index in [0.29, 0.717) is 12.0 Å². The molecule has 0 radical (unpaired) electrons. The molecule has 0 spiro atoms. The zero-order chi connectivity index (χ0) is 26.2. The van der Waals surface area contributed by atoms with E-state index in [-0.39, 0.29) is 28.4 Å². The molecule has 0 atom stereocenters. The monoisotopic (exact) mass is 483 g/mol. The molecule has 10 heteroatoms. The van der Waals surface area contributed by atoms with Crippen molar-refractivity contribution in [3.05, 3.63) is 64.8 Å². The molecule has 1 aromatic carbocycles. The number of allylic oxidation sites excluding steroid dienone is 1. The van der Waals surface area contributed by atoms with E-state index >= 15 is 0 Å². The van der Waals surface area contributed by atoms with Gasteiger partial charge in [-0.1, -0.05) is 35.9 Å². The Hall–Kier alpha value is -3.24. The molecule has 0 fully saturated rings. The smallest absolute Gasteiger partial charge is 0.330 e. The number of carbonyl (C=O) groups excluding carboxylic acids is 1. The molecular weight excluding hydrogens is 450 g/mol. The molecule has 0 aliphatic heterocycles. The minimum absolute atomic E-state index is 0.00458. The minimum atomic E-state index is -3.39. The number of rotatable bonds is 8. The Morgan fingerprint density at radius 1 is 0.909 bits per heavy atom. The van der Waals surface area contributed by atoms with Crippen LogP contribution in [0.25, 0.3) is 0 Å². The fourth-order valence-corrected chi connectivity index (χ4v) is 2.88. The van der Waals surface area contributed by atoms with E-state index in [1.165, 1.54) is 26.0 Å². The Kier molecular flexibility index (Phi) is 15.9. The van der Waals surface area contributed by atoms with Gasteiger partial charge in [0.2, 0.25) is 5.91 Å². The summed E-state index contributed by atoms with van der Waals surface area (Å²) in [4.78, 5) is 30.9. The number of aliphatic hydroxyl groups excluding tert-OH is 1. The van der Waals surface area contributed by atoms with Crippen LogP contribution in [0.5, 0.6) is 0 Å². The van der Waals surface area contributed by atoms with E-state index < -0.39 is 27.7 Å². The highest BCUT2D eigenvalue weighted by atomic mass is 32.2. The van der Waals surface area contributed by atoms with Crippen LogP contribution in [0.2, 0.25) is 0 Å². The van der Waals surface area contributed by atoms with Gasteiger partial charge in [-0.25, -0.2) is 18.0 Å². The van der Waals surface area contributed by atoms with Crippen LogP contribution in [0.4, 0.5) is 0 Å². The highest BCUT2D eigenvalue weighted by Gasteiger charge is 2.12. The molecule has 184 valence electrons. The number of aliphatic carboxylic acids is 2. The average molecular weight is 484 g/mol. The Morgan fingerprint density at radius 2 is 1.39 bits per heavy atom. The summed E-state index contributed by atoms with van der Waals surface area (Å²) in [5.41, 5.74) is 6.94. The molecule has 0 aliphatic rings. The molecule has 0 saturated heterocycles. The van der Waals surface area contributed by atoms with Crippen molar-refractivity contribution in [2.24, 2.45) is 5.73 Å². The largest absolute Gasteiger partial charge is 0.478 e. The summed E-state index contributed by atoms with van der Waals surface area (Å²) in [5, 5.41) is 24.6. The highest BCUT2D eigenvalue weighted by Crippen LogP contribution is 2.12. The molecule has 0 heterocycles. The zero-order valence-corrected chi connectivity index (χ0v) is 20.3. The van der Waals surface area contributed by atoms with Crippen molar-refractivity contribution in [2.45, 2.75) is 45.9 Å². The van der Waals surface area contributed by atoms with Gasteiger partial charge in [0.15, 0.2) is 9.84 Å². The van der Waals surface area contributed by atoms with Crippen molar-refractivity contribution in [2.75, 3.05) is 12.4 Å². The maximum absolute atomic E-state index is 11.9. The van der Waals surface area contributed by atoms with Crippen LogP contribution >= 0.6 is 0 Å². The normalized spacial score (nSPS) is 12.0. The zero-order valence-electron chi connectivity index (χ0n) is 19.5. The summed E-state index contributed by atoms with van der Waals surface area (Å²) in [5.74, 6) is -2.60. The Balaban J connectivity index is 0. The molecule has 9 nitrogen and oxygen atoms in total. The van der Waals surface area contributed by atoms with Crippen LogP contribution in [0.3, 0.4) is 0 Å². The third-order valence-corrected chi connectivity index (χ3v) is 5.66. The van der Waals surface area contributed by atoms with Gasteiger partial charge in [0, 0.05) is 23.3 Å². The third kappa shape index (κ3) is 15.2. The number of benzene rings is 1. The number of carboxylic acids is 2. The number of aryl methyl sites for hydroxylation is 1. The first kappa shape index (κ1) is 31.9. The molecular formula is C23H33NO8S. The van der Waals surface area contributed by atoms with Crippen molar-refractivity contribution in [3.8, 4) is 0 Å².